The van der Waals surface area contributed by atoms with Gasteiger partial charge < -0.3 is 10.5 Å². The summed E-state index contributed by atoms with van der Waals surface area (Å²) in [7, 11) is 0. The molecule has 0 aromatic heterocycles. The summed E-state index contributed by atoms with van der Waals surface area (Å²) in [5, 5.41) is 0. The molecule has 1 rings (SSSR count). The van der Waals surface area contributed by atoms with Crippen LogP contribution in [0.15, 0.2) is 29.2 Å². The number of benzene rings is 1. The molecule has 0 radical (unpaired) electrons. The number of nitrogens with two attached hydrogens (primary N) is 1. The van der Waals surface area contributed by atoms with Gasteiger partial charge in [-0.05, 0) is 57.2 Å². The van der Waals surface area contributed by atoms with E-state index < -0.39 is 0 Å². The average Bonchev–Trinajstić information content (AvgIpc) is 2.19. The molecule has 0 aliphatic carbocycles. The van der Waals surface area contributed by atoms with Gasteiger partial charge in [0.1, 0.15) is 5.75 Å². The molecule has 0 aliphatic heterocycles. The molecule has 0 aliphatic rings. The van der Waals surface area contributed by atoms with Crippen LogP contribution in [0.5, 0.6) is 5.75 Å². The molecule has 0 unspecified atom stereocenters. The fraction of sp³-hybridized carbons (Fsp3) is 0.538. The summed E-state index contributed by atoms with van der Waals surface area (Å²) in [6, 6.07) is 8.22. The Kier molecular flexibility index (Phi) is 5.16. The molecule has 0 saturated carbocycles. The Morgan fingerprint density at radius 3 is 2.38 bits per heavy atom. The molecule has 90 valence electrons. The molecule has 1 aromatic carbocycles. The summed E-state index contributed by atoms with van der Waals surface area (Å²) < 4.78 is 5.39. The van der Waals surface area contributed by atoms with Gasteiger partial charge in [-0.1, -0.05) is 0 Å². The van der Waals surface area contributed by atoms with Crippen molar-refractivity contribution in [2.75, 3.05) is 12.4 Å². The van der Waals surface area contributed by atoms with Crippen molar-refractivity contribution in [1.82, 2.24) is 0 Å². The highest BCUT2D eigenvalue weighted by Crippen LogP contribution is 2.23. The molecule has 0 spiro atoms. The summed E-state index contributed by atoms with van der Waals surface area (Å²) >= 11 is 1.84. The van der Waals surface area contributed by atoms with Crippen LogP contribution < -0.4 is 10.5 Å². The van der Waals surface area contributed by atoms with Crippen molar-refractivity contribution in [2.45, 2.75) is 37.6 Å². The molecule has 0 bridgehead atoms. The fourth-order valence-electron chi connectivity index (χ4n) is 1.23. The van der Waals surface area contributed by atoms with E-state index in [0.29, 0.717) is 6.61 Å². The molecule has 0 heterocycles. The number of rotatable bonds is 6. The minimum Gasteiger partial charge on any atom is -0.494 e. The van der Waals surface area contributed by atoms with Gasteiger partial charge in [0.05, 0.1) is 6.61 Å². The second-order valence-electron chi connectivity index (χ2n) is 4.49. The van der Waals surface area contributed by atoms with E-state index in [1.54, 1.807) is 0 Å². The lowest BCUT2D eigenvalue weighted by molar-refractivity contribution is 0.340. The topological polar surface area (TPSA) is 35.2 Å². The van der Waals surface area contributed by atoms with Gasteiger partial charge in [0.25, 0.3) is 0 Å². The van der Waals surface area contributed by atoms with Crippen molar-refractivity contribution < 1.29 is 4.74 Å². The molecular formula is C13H21NOS. The van der Waals surface area contributed by atoms with Crippen LogP contribution in [-0.2, 0) is 0 Å². The van der Waals surface area contributed by atoms with E-state index >= 15 is 0 Å². The van der Waals surface area contributed by atoms with Crippen molar-refractivity contribution in [2.24, 2.45) is 5.73 Å². The lowest BCUT2D eigenvalue weighted by atomic mass is 10.0. The largest absolute Gasteiger partial charge is 0.494 e. The third-order valence-electron chi connectivity index (χ3n) is 2.15. The maximum atomic E-state index is 5.93. The van der Waals surface area contributed by atoms with E-state index in [1.165, 1.54) is 4.90 Å². The van der Waals surface area contributed by atoms with Crippen LogP contribution in [0.25, 0.3) is 0 Å². The molecule has 2 N–H and O–H groups in total. The lowest BCUT2D eigenvalue weighted by Gasteiger charge is -2.17. The molecule has 0 fully saturated rings. The van der Waals surface area contributed by atoms with Crippen molar-refractivity contribution in [3.8, 4) is 5.75 Å². The van der Waals surface area contributed by atoms with Crippen molar-refractivity contribution in [3.05, 3.63) is 24.3 Å². The summed E-state index contributed by atoms with van der Waals surface area (Å²) in [5.74, 6) is 1.99. The Hall–Kier alpha value is -0.670. The molecule has 0 atom stereocenters. The molecule has 2 nitrogen and oxygen atoms in total. The van der Waals surface area contributed by atoms with E-state index in [2.05, 4.69) is 26.0 Å². The normalized spacial score (nSPS) is 11.5. The lowest BCUT2D eigenvalue weighted by Crippen LogP contribution is -2.32. The summed E-state index contributed by atoms with van der Waals surface area (Å²) in [6.07, 6.45) is 1.02. The van der Waals surface area contributed by atoms with Crippen LogP contribution in [0.2, 0.25) is 0 Å². The molecule has 0 saturated heterocycles. The molecule has 16 heavy (non-hydrogen) atoms. The van der Waals surface area contributed by atoms with Gasteiger partial charge in [0.2, 0.25) is 0 Å². The quantitative estimate of drug-likeness (QED) is 0.774. The zero-order chi connectivity index (χ0) is 12.0. The minimum atomic E-state index is -0.0712. The van der Waals surface area contributed by atoms with Gasteiger partial charge in [-0.3, -0.25) is 0 Å². The predicted molar refractivity (Wildman–Crippen MR) is 71.2 cm³/mol. The number of thioether (sulfide) groups is 1. The monoisotopic (exact) mass is 239 g/mol. The SMILES string of the molecule is CCOc1ccc(SCCC(C)(C)N)cc1. The molecular weight excluding hydrogens is 218 g/mol. The third kappa shape index (κ3) is 5.42. The van der Waals surface area contributed by atoms with Crippen LogP contribution in [0.4, 0.5) is 0 Å². The second kappa shape index (κ2) is 6.16. The summed E-state index contributed by atoms with van der Waals surface area (Å²) in [6.45, 7) is 6.83. The van der Waals surface area contributed by atoms with Crippen molar-refractivity contribution in [1.29, 1.82) is 0 Å². The van der Waals surface area contributed by atoms with Gasteiger partial charge in [-0.2, -0.15) is 0 Å². The smallest absolute Gasteiger partial charge is 0.119 e. The van der Waals surface area contributed by atoms with Gasteiger partial charge in [0, 0.05) is 10.4 Å². The average molecular weight is 239 g/mol. The maximum absolute atomic E-state index is 5.93. The maximum Gasteiger partial charge on any atom is 0.119 e. The van der Waals surface area contributed by atoms with Crippen LogP contribution in [0.1, 0.15) is 27.2 Å². The first-order chi connectivity index (χ1) is 7.51. The Balaban J connectivity index is 2.37. The zero-order valence-electron chi connectivity index (χ0n) is 10.3. The third-order valence-corrected chi connectivity index (χ3v) is 3.16. The molecule has 1 aromatic rings. The highest BCUT2D eigenvalue weighted by atomic mass is 32.2. The van der Waals surface area contributed by atoms with Gasteiger partial charge in [-0.25, -0.2) is 0 Å². The molecule has 3 heteroatoms. The number of hydrogen-bond donors (Lipinski definition) is 1. The summed E-state index contributed by atoms with van der Waals surface area (Å²) in [5.41, 5.74) is 5.86. The van der Waals surface area contributed by atoms with E-state index in [0.717, 1.165) is 17.9 Å². The second-order valence-corrected chi connectivity index (χ2v) is 5.66. The van der Waals surface area contributed by atoms with Crippen LogP contribution in [0, 0.1) is 0 Å². The van der Waals surface area contributed by atoms with Gasteiger partial charge in [0.15, 0.2) is 0 Å². The summed E-state index contributed by atoms with van der Waals surface area (Å²) in [4.78, 5) is 1.27. The van der Waals surface area contributed by atoms with E-state index in [1.807, 2.05) is 30.8 Å². The Morgan fingerprint density at radius 2 is 1.88 bits per heavy atom. The first-order valence-corrected chi connectivity index (χ1v) is 6.64. The standard InChI is InChI=1S/C13H21NOS/c1-4-15-11-5-7-12(8-6-11)16-10-9-13(2,3)14/h5-8H,4,9-10,14H2,1-3H3. The number of hydrogen-bond acceptors (Lipinski definition) is 3. The van der Waals surface area contributed by atoms with E-state index in [4.69, 9.17) is 10.5 Å². The van der Waals surface area contributed by atoms with E-state index in [9.17, 15) is 0 Å². The first kappa shape index (κ1) is 13.4. The van der Waals surface area contributed by atoms with Crippen LogP contribution in [0.3, 0.4) is 0 Å². The van der Waals surface area contributed by atoms with Crippen LogP contribution >= 0.6 is 11.8 Å². The zero-order valence-corrected chi connectivity index (χ0v) is 11.1. The Morgan fingerprint density at radius 1 is 1.25 bits per heavy atom. The van der Waals surface area contributed by atoms with Gasteiger partial charge in [-0.15, -0.1) is 11.8 Å². The van der Waals surface area contributed by atoms with Crippen molar-refractivity contribution >= 4 is 11.8 Å². The molecule has 0 amide bonds. The van der Waals surface area contributed by atoms with Crippen LogP contribution in [-0.4, -0.2) is 17.9 Å². The number of ether oxygens (including phenoxy) is 1. The van der Waals surface area contributed by atoms with Gasteiger partial charge >= 0.3 is 0 Å². The Bertz CT molecular complexity index is 303. The predicted octanol–water partition coefficient (Wildman–Crippen LogP) is 3.30. The highest BCUT2D eigenvalue weighted by molar-refractivity contribution is 7.99. The highest BCUT2D eigenvalue weighted by Gasteiger charge is 2.09. The van der Waals surface area contributed by atoms with E-state index in [-0.39, 0.29) is 5.54 Å². The first-order valence-electron chi connectivity index (χ1n) is 5.66. The fourth-order valence-corrected chi connectivity index (χ4v) is 2.42. The van der Waals surface area contributed by atoms with Crippen molar-refractivity contribution in [3.63, 3.8) is 0 Å². The minimum absolute atomic E-state index is 0.0712. The Labute approximate surface area is 103 Å².